The number of thioether (sulfide) groups is 1. The van der Waals surface area contributed by atoms with Gasteiger partial charge in [0.2, 0.25) is 5.91 Å². The number of benzene rings is 2. The molecule has 0 unspecified atom stereocenters. The van der Waals surface area contributed by atoms with Gasteiger partial charge in [0.15, 0.2) is 5.16 Å². The number of aromatic nitrogens is 3. The van der Waals surface area contributed by atoms with Crippen LogP contribution in [0.5, 0.6) is 0 Å². The van der Waals surface area contributed by atoms with Crippen LogP contribution in [0.4, 0.5) is 0 Å². The fraction of sp³-hybridized carbons (Fsp3) is 0.318. The minimum absolute atomic E-state index is 0.0346. The minimum atomic E-state index is -0.0346. The highest BCUT2D eigenvalue weighted by atomic mass is 35.5. The summed E-state index contributed by atoms with van der Waals surface area (Å²) in [6.45, 7) is 1.22. The van der Waals surface area contributed by atoms with E-state index in [-0.39, 0.29) is 11.7 Å². The predicted molar refractivity (Wildman–Crippen MR) is 120 cm³/mol. The molecule has 0 atom stereocenters. The average Bonchev–Trinajstić information content (AvgIpc) is 3.18. The Hall–Kier alpha value is -2.35. The van der Waals surface area contributed by atoms with Crippen molar-refractivity contribution in [1.82, 2.24) is 20.1 Å². The SMILES string of the molecule is COCCCNC(=O)CSc1nnc(CCc2ccccc2)n1-c1ccc(Cl)cc1. The van der Waals surface area contributed by atoms with Gasteiger partial charge in [0.1, 0.15) is 5.82 Å². The fourth-order valence-electron chi connectivity index (χ4n) is 2.93. The van der Waals surface area contributed by atoms with Crippen molar-refractivity contribution in [2.45, 2.75) is 24.4 Å². The molecule has 30 heavy (non-hydrogen) atoms. The van der Waals surface area contributed by atoms with E-state index in [4.69, 9.17) is 16.3 Å². The summed E-state index contributed by atoms with van der Waals surface area (Å²) in [5, 5.41) is 13.0. The maximum Gasteiger partial charge on any atom is 0.230 e. The lowest BCUT2D eigenvalue weighted by Gasteiger charge is -2.11. The third-order valence-electron chi connectivity index (χ3n) is 4.45. The maximum absolute atomic E-state index is 12.1. The number of hydrogen-bond donors (Lipinski definition) is 1. The number of nitrogens with zero attached hydrogens (tertiary/aromatic N) is 3. The number of carbonyl (C=O) groups excluding carboxylic acids is 1. The first-order chi connectivity index (χ1) is 14.7. The zero-order valence-electron chi connectivity index (χ0n) is 16.9. The molecular formula is C22H25ClN4O2S. The standard InChI is InChI=1S/C22H25ClN4O2S/c1-29-15-5-14-24-21(28)16-30-22-26-25-20(13-8-17-6-3-2-4-7-17)27(22)19-11-9-18(23)10-12-19/h2-4,6-7,9-12H,5,8,13-16H2,1H3,(H,24,28). The highest BCUT2D eigenvalue weighted by Gasteiger charge is 2.16. The van der Waals surface area contributed by atoms with Crippen LogP contribution in [0.1, 0.15) is 17.8 Å². The smallest absolute Gasteiger partial charge is 0.230 e. The van der Waals surface area contributed by atoms with Crippen LogP contribution in [0.15, 0.2) is 59.8 Å². The Bertz CT molecular complexity index is 932. The molecule has 0 spiro atoms. The molecule has 0 aliphatic carbocycles. The zero-order chi connectivity index (χ0) is 21.2. The molecule has 3 aromatic rings. The summed E-state index contributed by atoms with van der Waals surface area (Å²) in [5.41, 5.74) is 2.17. The van der Waals surface area contributed by atoms with Crippen LogP contribution in [0.25, 0.3) is 5.69 Å². The molecule has 0 radical (unpaired) electrons. The molecule has 0 saturated heterocycles. The van der Waals surface area contributed by atoms with Crippen LogP contribution in [0, 0.1) is 0 Å². The van der Waals surface area contributed by atoms with E-state index in [1.54, 1.807) is 7.11 Å². The van der Waals surface area contributed by atoms with Crippen molar-refractivity contribution in [3.05, 3.63) is 71.0 Å². The second-order valence-electron chi connectivity index (χ2n) is 6.68. The van der Waals surface area contributed by atoms with Gasteiger partial charge in [-0.3, -0.25) is 9.36 Å². The van der Waals surface area contributed by atoms with E-state index in [1.807, 2.05) is 47.0 Å². The Labute approximate surface area is 186 Å². The van der Waals surface area contributed by atoms with Crippen molar-refractivity contribution >= 4 is 29.3 Å². The molecule has 2 aromatic carbocycles. The van der Waals surface area contributed by atoms with Crippen molar-refractivity contribution in [2.75, 3.05) is 26.0 Å². The average molecular weight is 445 g/mol. The third-order valence-corrected chi connectivity index (χ3v) is 5.63. The van der Waals surface area contributed by atoms with Gasteiger partial charge in [-0.25, -0.2) is 0 Å². The number of methoxy groups -OCH3 is 1. The van der Waals surface area contributed by atoms with Crippen molar-refractivity contribution < 1.29 is 9.53 Å². The first kappa shape index (κ1) is 22.3. The van der Waals surface area contributed by atoms with Gasteiger partial charge in [-0.1, -0.05) is 53.7 Å². The van der Waals surface area contributed by atoms with Gasteiger partial charge in [-0.2, -0.15) is 0 Å². The Morgan fingerprint density at radius 3 is 2.60 bits per heavy atom. The van der Waals surface area contributed by atoms with Gasteiger partial charge >= 0.3 is 0 Å². The summed E-state index contributed by atoms with van der Waals surface area (Å²) in [6, 6.07) is 17.8. The molecule has 0 saturated carbocycles. The van der Waals surface area contributed by atoms with Gasteiger partial charge in [-0.05, 0) is 42.7 Å². The number of aryl methyl sites for hydroxylation is 2. The summed E-state index contributed by atoms with van der Waals surface area (Å²) < 4.78 is 7.00. The zero-order valence-corrected chi connectivity index (χ0v) is 18.5. The van der Waals surface area contributed by atoms with Gasteiger partial charge < -0.3 is 10.1 Å². The minimum Gasteiger partial charge on any atom is -0.385 e. The summed E-state index contributed by atoms with van der Waals surface area (Å²) in [7, 11) is 1.65. The summed E-state index contributed by atoms with van der Waals surface area (Å²) in [6.07, 6.45) is 2.39. The summed E-state index contributed by atoms with van der Waals surface area (Å²) in [5.74, 6) is 1.09. The largest absolute Gasteiger partial charge is 0.385 e. The van der Waals surface area contributed by atoms with Crippen molar-refractivity contribution in [1.29, 1.82) is 0 Å². The quantitative estimate of drug-likeness (QED) is 0.358. The Morgan fingerprint density at radius 1 is 1.10 bits per heavy atom. The Kier molecular flexibility index (Phi) is 8.74. The van der Waals surface area contributed by atoms with Gasteiger partial charge in [0, 0.05) is 37.4 Å². The fourth-order valence-corrected chi connectivity index (χ4v) is 3.86. The lowest BCUT2D eigenvalue weighted by molar-refractivity contribution is -0.118. The molecule has 3 rings (SSSR count). The molecule has 0 aliphatic rings. The van der Waals surface area contributed by atoms with E-state index >= 15 is 0 Å². The maximum atomic E-state index is 12.1. The molecule has 6 nitrogen and oxygen atoms in total. The van der Waals surface area contributed by atoms with Crippen molar-refractivity contribution in [3.63, 3.8) is 0 Å². The Morgan fingerprint density at radius 2 is 1.87 bits per heavy atom. The van der Waals surface area contributed by atoms with Crippen molar-refractivity contribution in [3.8, 4) is 5.69 Å². The van der Waals surface area contributed by atoms with E-state index in [0.29, 0.717) is 23.3 Å². The van der Waals surface area contributed by atoms with Crippen LogP contribution in [-0.2, 0) is 22.4 Å². The third kappa shape index (κ3) is 6.58. The second-order valence-corrected chi connectivity index (χ2v) is 8.06. The van der Waals surface area contributed by atoms with Gasteiger partial charge in [0.05, 0.1) is 5.75 Å². The molecule has 1 amide bonds. The van der Waals surface area contributed by atoms with Crippen LogP contribution in [-0.4, -0.2) is 46.7 Å². The molecule has 1 N–H and O–H groups in total. The van der Waals surface area contributed by atoms with Gasteiger partial charge in [0.25, 0.3) is 0 Å². The number of hydrogen-bond acceptors (Lipinski definition) is 5. The summed E-state index contributed by atoms with van der Waals surface area (Å²) in [4.78, 5) is 12.1. The van der Waals surface area contributed by atoms with Crippen LogP contribution in [0.3, 0.4) is 0 Å². The molecule has 0 fully saturated rings. The second kappa shape index (κ2) is 11.7. The molecular weight excluding hydrogens is 420 g/mol. The van der Waals surface area contributed by atoms with Crippen LogP contribution >= 0.6 is 23.4 Å². The lowest BCUT2D eigenvalue weighted by Crippen LogP contribution is -2.27. The number of rotatable bonds is 11. The number of amides is 1. The number of ether oxygens (including phenoxy) is 1. The first-order valence-electron chi connectivity index (χ1n) is 9.80. The number of nitrogens with one attached hydrogen (secondary N) is 1. The van der Waals surface area contributed by atoms with Crippen LogP contribution < -0.4 is 5.32 Å². The molecule has 8 heteroatoms. The highest BCUT2D eigenvalue weighted by Crippen LogP contribution is 2.24. The first-order valence-corrected chi connectivity index (χ1v) is 11.2. The van der Waals surface area contributed by atoms with E-state index in [1.165, 1.54) is 17.3 Å². The highest BCUT2D eigenvalue weighted by molar-refractivity contribution is 7.99. The van der Waals surface area contributed by atoms with E-state index < -0.39 is 0 Å². The Balaban J connectivity index is 1.71. The predicted octanol–water partition coefficient (Wildman–Crippen LogP) is 3.95. The molecule has 1 aromatic heterocycles. The van der Waals surface area contributed by atoms with Crippen LogP contribution in [0.2, 0.25) is 5.02 Å². The normalized spacial score (nSPS) is 10.9. The van der Waals surface area contributed by atoms with E-state index in [0.717, 1.165) is 30.8 Å². The van der Waals surface area contributed by atoms with Gasteiger partial charge in [-0.15, -0.1) is 10.2 Å². The lowest BCUT2D eigenvalue weighted by atomic mass is 10.1. The summed E-state index contributed by atoms with van der Waals surface area (Å²) >= 11 is 7.43. The molecule has 0 aliphatic heterocycles. The monoisotopic (exact) mass is 444 g/mol. The number of carbonyl (C=O) groups is 1. The molecule has 1 heterocycles. The number of halogens is 1. The molecule has 158 valence electrons. The van der Waals surface area contributed by atoms with E-state index in [2.05, 4.69) is 27.6 Å². The van der Waals surface area contributed by atoms with Crippen molar-refractivity contribution in [2.24, 2.45) is 0 Å². The molecule has 0 bridgehead atoms. The van der Waals surface area contributed by atoms with E-state index in [9.17, 15) is 4.79 Å². The topological polar surface area (TPSA) is 69.0 Å².